The molecular weight excluding hydrogens is 314 g/mol. The minimum atomic E-state index is 0.109. The van der Waals surface area contributed by atoms with E-state index in [2.05, 4.69) is 28.6 Å². The van der Waals surface area contributed by atoms with Crippen LogP contribution in [0.4, 0.5) is 0 Å². The van der Waals surface area contributed by atoms with Gasteiger partial charge in [0.1, 0.15) is 0 Å². The number of carbonyl (C=O) groups excluding carboxylic acids is 1. The molecule has 1 amide bonds. The molecule has 0 heterocycles. The number of amides is 1. The first-order chi connectivity index (χ1) is 9.69. The molecule has 1 saturated carbocycles. The lowest BCUT2D eigenvalue weighted by Gasteiger charge is -2.20. The zero-order valence-electron chi connectivity index (χ0n) is 11.2. The monoisotopic (exact) mass is 329 g/mol. The van der Waals surface area contributed by atoms with Crippen LogP contribution in [0.15, 0.2) is 53.5 Å². The molecule has 102 valence electrons. The predicted octanol–water partition coefficient (Wildman–Crippen LogP) is 4.39. The van der Waals surface area contributed by atoms with Crippen molar-refractivity contribution < 1.29 is 4.79 Å². The van der Waals surface area contributed by atoms with Crippen molar-refractivity contribution in [2.45, 2.75) is 18.9 Å². The molecule has 20 heavy (non-hydrogen) atoms. The molecule has 1 fully saturated rings. The molecule has 2 aromatic rings. The lowest BCUT2D eigenvalue weighted by Crippen LogP contribution is -2.33. The van der Waals surface area contributed by atoms with Crippen LogP contribution in [0.2, 0.25) is 0 Å². The van der Waals surface area contributed by atoms with Crippen LogP contribution in [0.5, 0.6) is 0 Å². The molecule has 3 heteroatoms. The summed E-state index contributed by atoms with van der Waals surface area (Å²) in [5.41, 5.74) is 0.758. The van der Waals surface area contributed by atoms with Gasteiger partial charge in [-0.3, -0.25) is 4.79 Å². The summed E-state index contributed by atoms with van der Waals surface area (Å²) in [6.07, 6.45) is 4.02. The molecule has 2 nitrogen and oxygen atoms in total. The highest BCUT2D eigenvalue weighted by molar-refractivity contribution is 9.10. The number of nitrogens with zero attached hydrogens (tertiary/aromatic N) is 1. The molecule has 0 atom stereocenters. The number of benzene rings is 2. The van der Waals surface area contributed by atoms with Crippen LogP contribution in [0.3, 0.4) is 0 Å². The summed E-state index contributed by atoms with van der Waals surface area (Å²) >= 11 is 3.46. The average molecular weight is 330 g/mol. The van der Waals surface area contributed by atoms with Crippen LogP contribution < -0.4 is 0 Å². The van der Waals surface area contributed by atoms with Gasteiger partial charge in [0.2, 0.25) is 0 Å². The first-order valence-electron chi connectivity index (χ1n) is 6.80. The Morgan fingerprint density at radius 3 is 2.65 bits per heavy atom. The topological polar surface area (TPSA) is 20.3 Å². The van der Waals surface area contributed by atoms with E-state index in [4.69, 9.17) is 0 Å². The number of fused-ring (bicyclic) bond motifs is 1. The zero-order chi connectivity index (χ0) is 14.1. The molecule has 0 saturated heterocycles. The van der Waals surface area contributed by atoms with Gasteiger partial charge in [0.05, 0.1) is 0 Å². The maximum Gasteiger partial charge on any atom is 0.254 e. The molecule has 0 aliphatic heterocycles. The van der Waals surface area contributed by atoms with Crippen molar-refractivity contribution in [2.75, 3.05) is 6.54 Å². The van der Waals surface area contributed by atoms with E-state index in [0.717, 1.165) is 33.7 Å². The van der Waals surface area contributed by atoms with Crippen molar-refractivity contribution in [1.82, 2.24) is 4.90 Å². The van der Waals surface area contributed by atoms with Crippen molar-refractivity contribution in [3.05, 3.63) is 59.1 Å². The number of rotatable bonds is 4. The Bertz CT molecular complexity index is 676. The van der Waals surface area contributed by atoms with E-state index in [1.165, 1.54) is 0 Å². The third-order valence-electron chi connectivity index (χ3n) is 3.62. The molecule has 0 spiro atoms. The average Bonchev–Trinajstić information content (AvgIpc) is 3.28. The zero-order valence-corrected chi connectivity index (χ0v) is 12.8. The van der Waals surface area contributed by atoms with Crippen molar-refractivity contribution >= 4 is 32.6 Å². The highest BCUT2D eigenvalue weighted by Gasteiger charge is 2.32. The molecule has 1 aliphatic carbocycles. The summed E-state index contributed by atoms with van der Waals surface area (Å²) in [4.78, 5) is 14.5. The molecule has 0 bridgehead atoms. The standard InChI is InChI=1S/C17H16BrNO/c1-2-9-19(16-7-8-16)17(20)14-4-3-13-11-15(18)6-5-12(13)10-14/h2-6,10-11,16H,1,7-9H2. The van der Waals surface area contributed by atoms with Crippen molar-refractivity contribution in [3.8, 4) is 0 Å². The second kappa shape index (κ2) is 5.41. The Morgan fingerprint density at radius 1 is 1.25 bits per heavy atom. The van der Waals surface area contributed by atoms with Crippen LogP contribution in [0.1, 0.15) is 23.2 Å². The van der Waals surface area contributed by atoms with E-state index < -0.39 is 0 Å². The van der Waals surface area contributed by atoms with Gasteiger partial charge in [-0.15, -0.1) is 6.58 Å². The van der Waals surface area contributed by atoms with E-state index in [1.54, 1.807) is 6.08 Å². The minimum absolute atomic E-state index is 0.109. The van der Waals surface area contributed by atoms with Crippen LogP contribution in [-0.4, -0.2) is 23.4 Å². The van der Waals surface area contributed by atoms with Gasteiger partial charge in [-0.25, -0.2) is 0 Å². The molecule has 0 unspecified atom stereocenters. The molecule has 1 aliphatic rings. The molecule has 0 N–H and O–H groups in total. The van der Waals surface area contributed by atoms with Crippen LogP contribution in [0.25, 0.3) is 10.8 Å². The van der Waals surface area contributed by atoms with Gasteiger partial charge in [0.25, 0.3) is 5.91 Å². The first kappa shape index (κ1) is 13.4. The van der Waals surface area contributed by atoms with Gasteiger partial charge in [-0.05, 0) is 47.9 Å². The second-order valence-electron chi connectivity index (χ2n) is 5.18. The van der Waals surface area contributed by atoms with Gasteiger partial charge in [0.15, 0.2) is 0 Å². The Morgan fingerprint density at radius 2 is 1.95 bits per heavy atom. The lowest BCUT2D eigenvalue weighted by atomic mass is 10.1. The normalized spacial score (nSPS) is 14.2. The Hall–Kier alpha value is -1.61. The fourth-order valence-corrected chi connectivity index (χ4v) is 2.82. The van der Waals surface area contributed by atoms with Gasteiger partial charge in [0, 0.05) is 22.6 Å². The van der Waals surface area contributed by atoms with Gasteiger partial charge in [-0.2, -0.15) is 0 Å². The van der Waals surface area contributed by atoms with E-state index in [0.29, 0.717) is 12.6 Å². The minimum Gasteiger partial charge on any atom is -0.332 e. The first-order valence-corrected chi connectivity index (χ1v) is 7.59. The summed E-state index contributed by atoms with van der Waals surface area (Å²) in [7, 11) is 0. The lowest BCUT2D eigenvalue weighted by molar-refractivity contribution is 0.0763. The molecule has 3 rings (SSSR count). The highest BCUT2D eigenvalue weighted by Crippen LogP contribution is 2.29. The van der Waals surface area contributed by atoms with E-state index >= 15 is 0 Å². The summed E-state index contributed by atoms with van der Waals surface area (Å²) in [6.45, 7) is 4.37. The smallest absolute Gasteiger partial charge is 0.254 e. The van der Waals surface area contributed by atoms with Gasteiger partial charge < -0.3 is 4.90 Å². The maximum absolute atomic E-state index is 12.6. The van der Waals surface area contributed by atoms with Crippen LogP contribution in [-0.2, 0) is 0 Å². The SMILES string of the molecule is C=CCN(C(=O)c1ccc2cc(Br)ccc2c1)C1CC1. The number of hydrogen-bond acceptors (Lipinski definition) is 1. The molecule has 2 aromatic carbocycles. The van der Waals surface area contributed by atoms with Crippen LogP contribution >= 0.6 is 15.9 Å². The fourth-order valence-electron chi connectivity index (χ4n) is 2.44. The van der Waals surface area contributed by atoms with Gasteiger partial charge in [-0.1, -0.05) is 34.1 Å². The van der Waals surface area contributed by atoms with E-state index in [-0.39, 0.29) is 5.91 Å². The summed E-state index contributed by atoms with van der Waals surface area (Å²) < 4.78 is 1.05. The third-order valence-corrected chi connectivity index (χ3v) is 4.12. The third kappa shape index (κ3) is 2.63. The second-order valence-corrected chi connectivity index (χ2v) is 6.10. The van der Waals surface area contributed by atoms with Crippen molar-refractivity contribution in [2.24, 2.45) is 0 Å². The Kier molecular flexibility index (Phi) is 3.62. The fraction of sp³-hybridized carbons (Fsp3) is 0.235. The summed E-state index contributed by atoms with van der Waals surface area (Å²) in [6, 6.07) is 12.4. The number of carbonyl (C=O) groups is 1. The van der Waals surface area contributed by atoms with Crippen molar-refractivity contribution in [3.63, 3.8) is 0 Å². The Labute approximate surface area is 127 Å². The van der Waals surface area contributed by atoms with Crippen molar-refractivity contribution in [1.29, 1.82) is 0 Å². The number of halogens is 1. The highest BCUT2D eigenvalue weighted by atomic mass is 79.9. The van der Waals surface area contributed by atoms with E-state index in [9.17, 15) is 4.79 Å². The maximum atomic E-state index is 12.6. The molecular formula is C17H16BrNO. The quantitative estimate of drug-likeness (QED) is 0.761. The number of hydrogen-bond donors (Lipinski definition) is 0. The van der Waals surface area contributed by atoms with E-state index in [1.807, 2.05) is 35.2 Å². The van der Waals surface area contributed by atoms with Crippen LogP contribution in [0, 0.1) is 0 Å². The largest absolute Gasteiger partial charge is 0.332 e. The summed E-state index contributed by atoms with van der Waals surface area (Å²) in [5.74, 6) is 0.109. The Balaban J connectivity index is 1.94. The van der Waals surface area contributed by atoms with Gasteiger partial charge >= 0.3 is 0 Å². The molecule has 0 aromatic heterocycles. The summed E-state index contributed by atoms with van der Waals surface area (Å²) in [5, 5.41) is 2.23. The predicted molar refractivity (Wildman–Crippen MR) is 85.9 cm³/mol. The molecule has 0 radical (unpaired) electrons.